The Morgan fingerprint density at radius 2 is 2.26 bits per heavy atom. The molecule has 1 aliphatic rings. The third-order valence-electron chi connectivity index (χ3n) is 3.68. The predicted octanol–water partition coefficient (Wildman–Crippen LogP) is 0.606. The van der Waals surface area contributed by atoms with Gasteiger partial charge in [-0.25, -0.2) is 0 Å². The van der Waals surface area contributed by atoms with Crippen LogP contribution in [0.15, 0.2) is 5.16 Å². The van der Waals surface area contributed by atoms with Gasteiger partial charge in [-0.3, -0.25) is 4.79 Å². The maximum atomic E-state index is 12.2. The molecule has 1 rings (SSSR count). The zero-order valence-corrected chi connectivity index (χ0v) is 12.1. The first-order chi connectivity index (χ1) is 8.99. The molecule has 1 amide bonds. The van der Waals surface area contributed by atoms with Gasteiger partial charge in [-0.05, 0) is 31.8 Å². The summed E-state index contributed by atoms with van der Waals surface area (Å²) in [5, 5.41) is 14.8. The first-order valence-corrected chi connectivity index (χ1v) is 6.99. The quantitative estimate of drug-likeness (QED) is 0.295. The lowest BCUT2D eigenvalue weighted by molar-refractivity contribution is -0.125. The summed E-state index contributed by atoms with van der Waals surface area (Å²) >= 11 is 0. The minimum atomic E-state index is -0.568. The number of carbonyl (C=O) groups is 1. The summed E-state index contributed by atoms with van der Waals surface area (Å²) in [5.41, 5.74) is 5.61. The number of nitrogens with two attached hydrogens (primary N) is 1. The fourth-order valence-electron chi connectivity index (χ4n) is 2.59. The van der Waals surface area contributed by atoms with Gasteiger partial charge < -0.3 is 21.2 Å². The van der Waals surface area contributed by atoms with Gasteiger partial charge in [0, 0.05) is 12.6 Å². The second-order valence-corrected chi connectivity index (χ2v) is 5.49. The maximum absolute atomic E-state index is 12.2. The fraction of sp³-hybridized carbons (Fsp3) is 0.846. The topological polar surface area (TPSA) is 91.0 Å². The molecule has 0 spiro atoms. The Morgan fingerprint density at radius 3 is 2.79 bits per heavy atom. The highest BCUT2D eigenvalue weighted by atomic mass is 16.4. The average molecular weight is 270 g/mol. The number of likely N-dealkylation sites (N-methyl/N-ethyl adjacent to an activating group) is 1. The normalized spacial score (nSPS) is 23.4. The number of amidine groups is 1. The molecule has 4 N–H and O–H groups in total. The van der Waals surface area contributed by atoms with Crippen molar-refractivity contribution in [3.05, 3.63) is 0 Å². The van der Waals surface area contributed by atoms with E-state index in [9.17, 15) is 4.79 Å². The number of nitrogens with zero attached hydrogens (tertiary/aromatic N) is 2. The monoisotopic (exact) mass is 270 g/mol. The fourth-order valence-corrected chi connectivity index (χ4v) is 2.59. The van der Waals surface area contributed by atoms with Gasteiger partial charge in [-0.2, -0.15) is 0 Å². The number of amides is 1. The Balaban J connectivity index is 2.61. The van der Waals surface area contributed by atoms with Crippen molar-refractivity contribution in [2.75, 3.05) is 19.6 Å². The van der Waals surface area contributed by atoms with Gasteiger partial charge in [0.2, 0.25) is 5.91 Å². The highest BCUT2D eigenvalue weighted by Crippen LogP contribution is 2.14. The number of rotatable bonds is 5. The van der Waals surface area contributed by atoms with Gasteiger partial charge in [0.15, 0.2) is 5.84 Å². The zero-order valence-electron chi connectivity index (χ0n) is 12.1. The van der Waals surface area contributed by atoms with Crippen molar-refractivity contribution < 1.29 is 10.0 Å². The van der Waals surface area contributed by atoms with Gasteiger partial charge in [-0.15, -0.1) is 0 Å². The van der Waals surface area contributed by atoms with Crippen LogP contribution in [0.3, 0.4) is 0 Å². The SMILES string of the molecule is CCN1CCCC(NC(=O)C(C(N)=NO)C(C)C)C1. The average Bonchev–Trinajstić information content (AvgIpc) is 2.38. The van der Waals surface area contributed by atoms with E-state index in [4.69, 9.17) is 10.9 Å². The highest BCUT2D eigenvalue weighted by Gasteiger charge is 2.29. The molecule has 1 aliphatic heterocycles. The first-order valence-electron chi connectivity index (χ1n) is 6.99. The van der Waals surface area contributed by atoms with Crippen LogP contribution in [-0.2, 0) is 4.79 Å². The molecule has 1 heterocycles. The molecule has 0 aromatic rings. The number of nitrogens with one attached hydrogen (secondary N) is 1. The molecule has 0 bridgehead atoms. The zero-order chi connectivity index (χ0) is 14.4. The van der Waals surface area contributed by atoms with Crippen molar-refractivity contribution in [1.29, 1.82) is 0 Å². The Labute approximate surface area is 115 Å². The van der Waals surface area contributed by atoms with E-state index < -0.39 is 5.92 Å². The van der Waals surface area contributed by atoms with Gasteiger partial charge in [0.1, 0.15) is 5.92 Å². The first kappa shape index (κ1) is 15.8. The summed E-state index contributed by atoms with van der Waals surface area (Å²) in [7, 11) is 0. The standard InChI is InChI=1S/C13H26N4O2/c1-4-17-7-5-6-10(8-17)15-13(18)11(9(2)3)12(14)16-19/h9-11,19H,4-8H2,1-3H3,(H2,14,16)(H,15,18). The van der Waals surface area contributed by atoms with Crippen LogP contribution in [0.1, 0.15) is 33.6 Å². The molecule has 0 aromatic carbocycles. The Morgan fingerprint density at radius 1 is 1.58 bits per heavy atom. The third kappa shape index (κ3) is 4.38. The van der Waals surface area contributed by atoms with Crippen LogP contribution < -0.4 is 11.1 Å². The van der Waals surface area contributed by atoms with Crippen molar-refractivity contribution in [1.82, 2.24) is 10.2 Å². The van der Waals surface area contributed by atoms with E-state index in [1.165, 1.54) is 0 Å². The number of likely N-dealkylation sites (tertiary alicyclic amines) is 1. The van der Waals surface area contributed by atoms with Crippen LogP contribution >= 0.6 is 0 Å². The third-order valence-corrected chi connectivity index (χ3v) is 3.68. The van der Waals surface area contributed by atoms with E-state index in [0.29, 0.717) is 0 Å². The van der Waals surface area contributed by atoms with Gasteiger partial charge in [0.25, 0.3) is 0 Å². The minimum absolute atomic E-state index is 0.00164. The number of hydrogen-bond acceptors (Lipinski definition) is 4. The second-order valence-electron chi connectivity index (χ2n) is 5.49. The summed E-state index contributed by atoms with van der Waals surface area (Å²) in [4.78, 5) is 14.6. The molecule has 6 nitrogen and oxygen atoms in total. The maximum Gasteiger partial charge on any atom is 0.231 e. The highest BCUT2D eigenvalue weighted by molar-refractivity contribution is 6.02. The Hall–Kier alpha value is -1.30. The summed E-state index contributed by atoms with van der Waals surface area (Å²) in [5.74, 6) is -0.729. The van der Waals surface area contributed by atoms with Crippen LogP contribution in [0, 0.1) is 11.8 Å². The van der Waals surface area contributed by atoms with Crippen LogP contribution in [0.4, 0.5) is 0 Å². The minimum Gasteiger partial charge on any atom is -0.409 e. The van der Waals surface area contributed by atoms with Crippen molar-refractivity contribution in [2.24, 2.45) is 22.7 Å². The van der Waals surface area contributed by atoms with Gasteiger partial charge in [0.05, 0.1) is 0 Å². The molecule has 6 heteroatoms. The molecule has 110 valence electrons. The number of hydrogen-bond donors (Lipinski definition) is 3. The Kier molecular flexibility index (Phi) is 6.08. The van der Waals surface area contributed by atoms with E-state index in [-0.39, 0.29) is 23.7 Å². The predicted molar refractivity (Wildman–Crippen MR) is 75.0 cm³/mol. The molecule has 0 saturated carbocycles. The summed E-state index contributed by atoms with van der Waals surface area (Å²) in [6.45, 7) is 8.88. The molecule has 0 aliphatic carbocycles. The molecule has 1 fully saturated rings. The van der Waals surface area contributed by atoms with E-state index in [1.54, 1.807) is 0 Å². The van der Waals surface area contributed by atoms with Crippen molar-refractivity contribution in [3.8, 4) is 0 Å². The summed E-state index contributed by atoms with van der Waals surface area (Å²) < 4.78 is 0. The molecule has 1 saturated heterocycles. The van der Waals surface area contributed by atoms with Gasteiger partial charge in [-0.1, -0.05) is 25.9 Å². The second kappa shape index (κ2) is 7.33. The molecular formula is C13H26N4O2. The molecule has 2 unspecified atom stereocenters. The summed E-state index contributed by atoms with van der Waals surface area (Å²) in [6, 6.07) is 0.161. The Bertz CT molecular complexity index is 331. The molecule has 2 atom stereocenters. The van der Waals surface area contributed by atoms with Crippen LogP contribution in [-0.4, -0.2) is 47.5 Å². The lowest BCUT2D eigenvalue weighted by Crippen LogP contribution is -2.51. The van der Waals surface area contributed by atoms with Crippen LogP contribution in [0.2, 0.25) is 0 Å². The van der Waals surface area contributed by atoms with E-state index in [1.807, 2.05) is 13.8 Å². The summed E-state index contributed by atoms with van der Waals surface area (Å²) in [6.07, 6.45) is 2.08. The number of piperidine rings is 1. The molecule has 0 aromatic heterocycles. The smallest absolute Gasteiger partial charge is 0.231 e. The molecular weight excluding hydrogens is 244 g/mol. The van der Waals surface area contributed by atoms with Crippen LogP contribution in [0.25, 0.3) is 0 Å². The molecule has 0 radical (unpaired) electrons. The van der Waals surface area contributed by atoms with Crippen molar-refractivity contribution in [3.63, 3.8) is 0 Å². The van der Waals surface area contributed by atoms with E-state index in [0.717, 1.165) is 32.5 Å². The largest absolute Gasteiger partial charge is 0.409 e. The lowest BCUT2D eigenvalue weighted by atomic mass is 9.93. The number of oxime groups is 1. The van der Waals surface area contributed by atoms with Gasteiger partial charge >= 0.3 is 0 Å². The van der Waals surface area contributed by atoms with Crippen molar-refractivity contribution in [2.45, 2.75) is 39.7 Å². The van der Waals surface area contributed by atoms with E-state index in [2.05, 4.69) is 22.3 Å². The van der Waals surface area contributed by atoms with Crippen LogP contribution in [0.5, 0.6) is 0 Å². The number of carbonyl (C=O) groups excluding carboxylic acids is 1. The van der Waals surface area contributed by atoms with Crippen molar-refractivity contribution >= 4 is 11.7 Å². The molecule has 19 heavy (non-hydrogen) atoms. The van der Waals surface area contributed by atoms with E-state index >= 15 is 0 Å². The lowest BCUT2D eigenvalue weighted by Gasteiger charge is -2.33.